The molecule has 0 aliphatic carbocycles. The second kappa shape index (κ2) is 6.28. The number of hydrogen-bond donors (Lipinski definition) is 0. The molecule has 0 atom stereocenters. The van der Waals surface area contributed by atoms with Crippen molar-refractivity contribution in [1.29, 1.82) is 0 Å². The molecule has 0 bridgehead atoms. The van der Waals surface area contributed by atoms with Gasteiger partial charge in [-0.05, 0) is 46.5 Å². The third-order valence-electron chi connectivity index (χ3n) is 5.17. The fourth-order valence-corrected chi connectivity index (χ4v) is 3.73. The van der Waals surface area contributed by atoms with Crippen molar-refractivity contribution >= 4 is 11.8 Å². The van der Waals surface area contributed by atoms with Crippen LogP contribution >= 0.6 is 0 Å². The van der Waals surface area contributed by atoms with Crippen molar-refractivity contribution < 1.29 is 14.4 Å². The average Bonchev–Trinajstić information content (AvgIpc) is 2.46. The first kappa shape index (κ1) is 19.1. The van der Waals surface area contributed by atoms with Crippen LogP contribution in [0.3, 0.4) is 0 Å². The third kappa shape index (κ3) is 2.38. The molecule has 0 unspecified atom stereocenters. The van der Waals surface area contributed by atoms with Gasteiger partial charge in [0.1, 0.15) is 11.1 Å². The molecule has 128 valence electrons. The summed E-state index contributed by atoms with van der Waals surface area (Å²) in [6.45, 7) is 13.7. The van der Waals surface area contributed by atoms with Gasteiger partial charge in [0.25, 0.3) is 11.8 Å². The molecule has 1 fully saturated rings. The zero-order chi connectivity index (χ0) is 17.3. The van der Waals surface area contributed by atoms with Crippen LogP contribution in [0.15, 0.2) is 0 Å². The second-order valence-electron chi connectivity index (χ2n) is 7.07. The maximum Gasteiger partial charge on any atom is 0.252 e. The van der Waals surface area contributed by atoms with Crippen LogP contribution in [0.5, 0.6) is 0 Å². The molecule has 1 heterocycles. The van der Waals surface area contributed by atoms with E-state index >= 15 is 0 Å². The summed E-state index contributed by atoms with van der Waals surface area (Å²) in [6.07, 6.45) is 2.44. The zero-order valence-electron chi connectivity index (χ0n) is 15.4. The van der Waals surface area contributed by atoms with Gasteiger partial charge in [-0.3, -0.25) is 14.5 Å². The summed E-state index contributed by atoms with van der Waals surface area (Å²) < 4.78 is 0. The van der Waals surface area contributed by atoms with Crippen LogP contribution in [0.4, 0.5) is 0 Å². The number of rotatable bonds is 5. The highest BCUT2D eigenvalue weighted by atomic mass is 16.7. The molecule has 0 aromatic rings. The lowest BCUT2D eigenvalue weighted by molar-refractivity contribution is -0.277. The van der Waals surface area contributed by atoms with Crippen LogP contribution in [0.25, 0.3) is 0 Å². The highest BCUT2D eigenvalue weighted by Crippen LogP contribution is 2.44. The fraction of sp³-hybridized carbons (Fsp3) is 0.882. The van der Waals surface area contributed by atoms with E-state index in [1.54, 1.807) is 12.2 Å². The Morgan fingerprint density at radius 3 is 1.36 bits per heavy atom. The van der Waals surface area contributed by atoms with E-state index in [0.29, 0.717) is 25.7 Å². The summed E-state index contributed by atoms with van der Waals surface area (Å²) >= 11 is 0. The molecule has 0 spiro atoms. The van der Waals surface area contributed by atoms with Crippen molar-refractivity contribution in [2.75, 3.05) is 7.11 Å². The van der Waals surface area contributed by atoms with Gasteiger partial charge in [0, 0.05) is 5.54 Å². The number of amides is 2. The molecule has 22 heavy (non-hydrogen) atoms. The van der Waals surface area contributed by atoms with Crippen molar-refractivity contribution in [3.63, 3.8) is 0 Å². The lowest BCUT2D eigenvalue weighted by Crippen LogP contribution is -2.78. The summed E-state index contributed by atoms with van der Waals surface area (Å²) in [5.41, 5.74) is -2.12. The second-order valence-corrected chi connectivity index (χ2v) is 7.07. The van der Waals surface area contributed by atoms with E-state index < -0.39 is 16.6 Å². The maximum atomic E-state index is 13.2. The van der Waals surface area contributed by atoms with Crippen LogP contribution in [-0.4, -0.2) is 45.5 Å². The van der Waals surface area contributed by atoms with Gasteiger partial charge in [0.2, 0.25) is 0 Å². The average molecular weight is 312 g/mol. The molecule has 0 aromatic carbocycles. The molecule has 0 aromatic heterocycles. The Morgan fingerprint density at radius 1 is 0.864 bits per heavy atom. The van der Waals surface area contributed by atoms with Gasteiger partial charge in [-0.25, -0.2) is 0 Å². The van der Waals surface area contributed by atoms with Crippen LogP contribution in [0, 0.1) is 0 Å². The predicted molar refractivity (Wildman–Crippen MR) is 87.1 cm³/mol. The standard InChI is InChI=1S/C17H32N2O3/c1-9-16(10-2)13(20)18(15(5,6)7)14(21)17(11-3,12-4)19(16)22-8/h9-12H2,1-8H3. The van der Waals surface area contributed by atoms with Gasteiger partial charge in [0.05, 0.1) is 7.11 Å². The van der Waals surface area contributed by atoms with Gasteiger partial charge >= 0.3 is 0 Å². The fourth-order valence-electron chi connectivity index (χ4n) is 3.73. The van der Waals surface area contributed by atoms with Crippen LogP contribution in [-0.2, 0) is 14.4 Å². The molecule has 1 saturated heterocycles. The van der Waals surface area contributed by atoms with Crippen LogP contribution < -0.4 is 0 Å². The summed E-state index contributed by atoms with van der Waals surface area (Å²) in [6, 6.07) is 0. The zero-order valence-corrected chi connectivity index (χ0v) is 15.4. The maximum absolute atomic E-state index is 13.2. The lowest BCUT2D eigenvalue weighted by atomic mass is 9.76. The first-order chi connectivity index (χ1) is 10.1. The Kier molecular flexibility index (Phi) is 5.46. The van der Waals surface area contributed by atoms with Gasteiger partial charge in [0.15, 0.2) is 0 Å². The van der Waals surface area contributed by atoms with Crippen molar-refractivity contribution in [2.24, 2.45) is 0 Å². The summed E-state index contributed by atoms with van der Waals surface area (Å²) in [4.78, 5) is 33.6. The molecule has 0 radical (unpaired) electrons. The van der Waals surface area contributed by atoms with Gasteiger partial charge in [-0.1, -0.05) is 27.7 Å². The predicted octanol–water partition coefficient (Wildman–Crippen LogP) is 3.13. The number of imide groups is 1. The number of hydrogen-bond acceptors (Lipinski definition) is 4. The van der Waals surface area contributed by atoms with Gasteiger partial charge < -0.3 is 4.84 Å². The van der Waals surface area contributed by atoms with Crippen molar-refractivity contribution in [2.45, 2.75) is 90.8 Å². The first-order valence-corrected chi connectivity index (χ1v) is 8.36. The normalized spacial score (nSPS) is 22.3. The van der Waals surface area contributed by atoms with E-state index in [1.165, 1.54) is 4.90 Å². The Balaban J connectivity index is 3.67. The third-order valence-corrected chi connectivity index (χ3v) is 5.17. The number of carbonyl (C=O) groups excluding carboxylic acids is 2. The van der Waals surface area contributed by atoms with E-state index in [2.05, 4.69) is 0 Å². The molecule has 0 N–H and O–H groups in total. The van der Waals surface area contributed by atoms with Crippen molar-refractivity contribution in [3.05, 3.63) is 0 Å². The summed E-state index contributed by atoms with van der Waals surface area (Å²) in [5, 5.41) is 1.70. The number of piperazine rings is 1. The first-order valence-electron chi connectivity index (χ1n) is 8.36. The minimum atomic E-state index is -0.790. The number of carbonyl (C=O) groups is 2. The minimum absolute atomic E-state index is 0.144. The van der Waals surface area contributed by atoms with Crippen molar-refractivity contribution in [1.82, 2.24) is 9.96 Å². The van der Waals surface area contributed by atoms with E-state index in [0.717, 1.165) is 0 Å². The largest absolute Gasteiger partial charge is 0.300 e. The molecule has 1 rings (SSSR count). The molecular formula is C17H32N2O3. The van der Waals surface area contributed by atoms with Crippen LogP contribution in [0.2, 0.25) is 0 Å². The molecular weight excluding hydrogens is 280 g/mol. The van der Waals surface area contributed by atoms with E-state index in [1.807, 2.05) is 48.5 Å². The number of nitrogens with zero attached hydrogens (tertiary/aromatic N) is 2. The Labute approximate surface area is 134 Å². The Hall–Kier alpha value is -0.940. The minimum Gasteiger partial charge on any atom is -0.300 e. The van der Waals surface area contributed by atoms with E-state index in [9.17, 15) is 9.59 Å². The Bertz CT molecular complexity index is 400. The quantitative estimate of drug-likeness (QED) is 0.732. The van der Waals surface area contributed by atoms with Crippen LogP contribution in [0.1, 0.15) is 74.1 Å². The smallest absolute Gasteiger partial charge is 0.252 e. The number of hydroxylamine groups is 2. The molecule has 1 aliphatic rings. The molecule has 5 heteroatoms. The molecule has 1 aliphatic heterocycles. The van der Waals surface area contributed by atoms with Gasteiger partial charge in [-0.15, -0.1) is 0 Å². The SMILES string of the molecule is CCC1(CC)C(=O)N(C(C)(C)C)C(=O)C(CC)(CC)N1OC. The highest BCUT2D eigenvalue weighted by Gasteiger charge is 2.63. The highest BCUT2D eigenvalue weighted by molar-refractivity contribution is 6.07. The van der Waals surface area contributed by atoms with E-state index in [4.69, 9.17) is 4.84 Å². The van der Waals surface area contributed by atoms with Gasteiger partial charge in [-0.2, -0.15) is 5.06 Å². The lowest BCUT2D eigenvalue weighted by Gasteiger charge is -2.58. The molecule has 5 nitrogen and oxygen atoms in total. The topological polar surface area (TPSA) is 49.9 Å². The summed E-state index contributed by atoms with van der Waals surface area (Å²) in [7, 11) is 1.56. The van der Waals surface area contributed by atoms with E-state index in [-0.39, 0.29) is 11.8 Å². The summed E-state index contributed by atoms with van der Waals surface area (Å²) in [5.74, 6) is -0.288. The monoisotopic (exact) mass is 312 g/mol. The molecule has 0 saturated carbocycles. The Morgan fingerprint density at radius 2 is 1.18 bits per heavy atom. The van der Waals surface area contributed by atoms with Crippen molar-refractivity contribution in [3.8, 4) is 0 Å². The molecule has 2 amide bonds.